The van der Waals surface area contributed by atoms with Gasteiger partial charge >= 0.3 is 6.03 Å². The number of fused-ring (bicyclic) bond motifs is 3. The molecule has 0 aromatic carbocycles. The largest absolute Gasteiger partial charge is 0.383 e. The van der Waals surface area contributed by atoms with Gasteiger partial charge < -0.3 is 14.8 Å². The molecule has 1 saturated heterocycles. The molecule has 1 fully saturated rings. The molecular formula is C9H12N4O3. The minimum atomic E-state index is -0.275. The van der Waals surface area contributed by atoms with Gasteiger partial charge in [0.05, 0.1) is 13.2 Å². The van der Waals surface area contributed by atoms with Gasteiger partial charge in [0.15, 0.2) is 12.0 Å². The van der Waals surface area contributed by atoms with E-state index in [0.717, 1.165) is 5.56 Å². The molecule has 7 heteroatoms. The second-order valence-electron chi connectivity index (χ2n) is 3.76. The highest BCUT2D eigenvalue weighted by molar-refractivity contribution is 5.90. The van der Waals surface area contributed by atoms with Crippen LogP contribution in [0.5, 0.6) is 0 Å². The van der Waals surface area contributed by atoms with Gasteiger partial charge in [-0.25, -0.2) is 4.79 Å². The van der Waals surface area contributed by atoms with Gasteiger partial charge in [-0.2, -0.15) is 5.10 Å². The average Bonchev–Trinajstić information content (AvgIpc) is 2.90. The van der Waals surface area contributed by atoms with Crippen molar-refractivity contribution in [2.75, 3.05) is 19.0 Å². The summed E-state index contributed by atoms with van der Waals surface area (Å²) in [4.78, 5) is 11.3. The van der Waals surface area contributed by atoms with E-state index in [4.69, 9.17) is 9.47 Å². The predicted octanol–water partition coefficient (Wildman–Crippen LogP) is 0.0620. The Kier molecular flexibility index (Phi) is 2.08. The van der Waals surface area contributed by atoms with Crippen LogP contribution in [-0.4, -0.2) is 35.8 Å². The second-order valence-corrected chi connectivity index (χ2v) is 3.76. The van der Waals surface area contributed by atoms with Crippen molar-refractivity contribution in [3.05, 3.63) is 11.8 Å². The minimum Gasteiger partial charge on any atom is -0.383 e. The van der Waals surface area contributed by atoms with Gasteiger partial charge in [-0.05, 0) is 0 Å². The quantitative estimate of drug-likeness (QED) is 0.711. The number of urea groups is 1. The third kappa shape index (κ3) is 1.54. The summed E-state index contributed by atoms with van der Waals surface area (Å²) in [5.74, 6) is 0.568. The summed E-state index contributed by atoms with van der Waals surface area (Å²) in [6.45, 7) is 1.24. The monoisotopic (exact) mass is 224 g/mol. The number of carbonyl (C=O) groups is 1. The summed E-state index contributed by atoms with van der Waals surface area (Å²) in [6.07, 6.45) is 1.61. The lowest BCUT2D eigenvalue weighted by molar-refractivity contribution is 0.183. The highest BCUT2D eigenvalue weighted by atomic mass is 16.6. The standard InChI is InChI=1S/C9H12N4O3/c1-15-3-2-13-4-5-6-8(16-6)11-9(14)10-7(5)12-13/h4,6,8H,2-3H2,1H3,(H2,10,11,12,14). The zero-order chi connectivity index (χ0) is 11.1. The number of methoxy groups -OCH3 is 1. The Morgan fingerprint density at radius 2 is 2.56 bits per heavy atom. The third-order valence-electron chi connectivity index (χ3n) is 2.62. The molecule has 0 spiro atoms. The van der Waals surface area contributed by atoms with Gasteiger partial charge in [0.25, 0.3) is 0 Å². The molecule has 2 unspecified atom stereocenters. The van der Waals surface area contributed by atoms with Crippen LogP contribution in [0, 0.1) is 0 Å². The smallest absolute Gasteiger partial charge is 0.322 e. The van der Waals surface area contributed by atoms with Crippen molar-refractivity contribution in [1.29, 1.82) is 0 Å². The Bertz CT molecular complexity index is 430. The van der Waals surface area contributed by atoms with Crippen LogP contribution in [0.2, 0.25) is 0 Å². The summed E-state index contributed by atoms with van der Waals surface area (Å²) in [6, 6.07) is -0.275. The topological polar surface area (TPSA) is 80.7 Å². The van der Waals surface area contributed by atoms with Crippen LogP contribution in [0.3, 0.4) is 0 Å². The third-order valence-corrected chi connectivity index (χ3v) is 2.62. The molecule has 1 aromatic heterocycles. The Morgan fingerprint density at radius 1 is 1.69 bits per heavy atom. The summed E-state index contributed by atoms with van der Waals surface area (Å²) < 4.78 is 12.0. The van der Waals surface area contributed by atoms with Crippen molar-refractivity contribution in [3.8, 4) is 0 Å². The molecule has 2 amide bonds. The van der Waals surface area contributed by atoms with Gasteiger partial charge in [-0.1, -0.05) is 0 Å². The lowest BCUT2D eigenvalue weighted by Crippen LogP contribution is -2.30. The maximum atomic E-state index is 11.3. The molecule has 2 N–H and O–H groups in total. The zero-order valence-electron chi connectivity index (χ0n) is 8.77. The van der Waals surface area contributed by atoms with Crippen LogP contribution in [0.1, 0.15) is 11.7 Å². The summed E-state index contributed by atoms with van der Waals surface area (Å²) in [5, 5.41) is 9.60. The first-order valence-electron chi connectivity index (χ1n) is 5.07. The first-order chi connectivity index (χ1) is 7.78. The number of carbonyl (C=O) groups excluding carboxylic acids is 1. The molecular weight excluding hydrogens is 212 g/mol. The van der Waals surface area contributed by atoms with E-state index >= 15 is 0 Å². The van der Waals surface area contributed by atoms with Crippen LogP contribution >= 0.6 is 0 Å². The molecule has 2 aliphatic heterocycles. The molecule has 2 aliphatic rings. The SMILES string of the molecule is COCCn1cc2c(n1)NC(=O)NC1OC21. The number of anilines is 1. The fraction of sp³-hybridized carbons (Fsp3) is 0.556. The van der Waals surface area contributed by atoms with E-state index in [1.54, 1.807) is 11.8 Å². The van der Waals surface area contributed by atoms with Crippen LogP contribution in [0.4, 0.5) is 10.6 Å². The van der Waals surface area contributed by atoms with Crippen LogP contribution < -0.4 is 10.6 Å². The number of amides is 2. The predicted molar refractivity (Wildman–Crippen MR) is 53.9 cm³/mol. The molecule has 1 aromatic rings. The molecule has 0 saturated carbocycles. The fourth-order valence-electron chi connectivity index (χ4n) is 1.77. The van der Waals surface area contributed by atoms with Crippen molar-refractivity contribution in [3.63, 3.8) is 0 Å². The van der Waals surface area contributed by atoms with Crippen LogP contribution in [0.25, 0.3) is 0 Å². The number of aromatic nitrogens is 2. The fourth-order valence-corrected chi connectivity index (χ4v) is 1.77. The number of nitrogens with one attached hydrogen (secondary N) is 2. The van der Waals surface area contributed by atoms with Crippen molar-refractivity contribution < 1.29 is 14.3 Å². The Hall–Kier alpha value is -1.60. The van der Waals surface area contributed by atoms with Gasteiger partial charge in [0.1, 0.15) is 6.10 Å². The molecule has 3 rings (SSSR count). The zero-order valence-corrected chi connectivity index (χ0v) is 8.77. The highest BCUT2D eigenvalue weighted by Gasteiger charge is 2.46. The first-order valence-corrected chi connectivity index (χ1v) is 5.07. The highest BCUT2D eigenvalue weighted by Crippen LogP contribution is 2.41. The molecule has 0 radical (unpaired) electrons. The van der Waals surface area contributed by atoms with Crippen LogP contribution in [0.15, 0.2) is 6.20 Å². The van der Waals surface area contributed by atoms with Gasteiger partial charge in [0, 0.05) is 18.9 Å². The van der Waals surface area contributed by atoms with Crippen molar-refractivity contribution >= 4 is 11.8 Å². The normalized spacial score (nSPS) is 26.2. The van der Waals surface area contributed by atoms with Gasteiger partial charge in [-0.3, -0.25) is 10.00 Å². The van der Waals surface area contributed by atoms with E-state index in [2.05, 4.69) is 15.7 Å². The van der Waals surface area contributed by atoms with Crippen molar-refractivity contribution in [1.82, 2.24) is 15.1 Å². The van der Waals surface area contributed by atoms with E-state index in [1.807, 2.05) is 6.20 Å². The molecule has 2 atom stereocenters. The van der Waals surface area contributed by atoms with Gasteiger partial charge in [0.2, 0.25) is 0 Å². The number of rotatable bonds is 3. The van der Waals surface area contributed by atoms with Crippen molar-refractivity contribution in [2.45, 2.75) is 18.9 Å². The van der Waals surface area contributed by atoms with E-state index in [0.29, 0.717) is 19.0 Å². The first kappa shape index (κ1) is 9.61. The minimum absolute atomic E-state index is 0.0646. The molecule has 7 nitrogen and oxygen atoms in total. The molecule has 86 valence electrons. The average molecular weight is 224 g/mol. The number of ether oxygens (including phenoxy) is 2. The van der Waals surface area contributed by atoms with E-state index in [-0.39, 0.29) is 18.4 Å². The Labute approximate surface area is 91.7 Å². The molecule has 16 heavy (non-hydrogen) atoms. The lowest BCUT2D eigenvalue weighted by Gasteiger charge is -2.01. The second kappa shape index (κ2) is 3.46. The number of hydrogen-bond acceptors (Lipinski definition) is 4. The summed E-state index contributed by atoms with van der Waals surface area (Å²) >= 11 is 0. The van der Waals surface area contributed by atoms with Gasteiger partial charge in [-0.15, -0.1) is 0 Å². The summed E-state index contributed by atoms with van der Waals surface area (Å²) in [5.41, 5.74) is 0.916. The van der Waals surface area contributed by atoms with E-state index < -0.39 is 0 Å². The van der Waals surface area contributed by atoms with E-state index in [9.17, 15) is 4.79 Å². The Morgan fingerprint density at radius 3 is 3.38 bits per heavy atom. The van der Waals surface area contributed by atoms with Crippen LogP contribution in [-0.2, 0) is 16.0 Å². The number of hydrogen-bond donors (Lipinski definition) is 2. The molecule has 0 bridgehead atoms. The maximum Gasteiger partial charge on any atom is 0.322 e. The number of nitrogens with zero attached hydrogens (tertiary/aromatic N) is 2. The number of epoxide rings is 1. The molecule has 3 heterocycles. The lowest BCUT2D eigenvalue weighted by atomic mass is 10.2. The Balaban J connectivity index is 1.85. The van der Waals surface area contributed by atoms with E-state index in [1.165, 1.54) is 0 Å². The molecule has 0 aliphatic carbocycles. The van der Waals surface area contributed by atoms with Crippen molar-refractivity contribution in [2.24, 2.45) is 0 Å². The maximum absolute atomic E-state index is 11.3. The summed E-state index contributed by atoms with van der Waals surface area (Å²) in [7, 11) is 1.64.